The first-order valence-corrected chi connectivity index (χ1v) is 6.42. The summed E-state index contributed by atoms with van der Waals surface area (Å²) in [7, 11) is 0. The number of likely N-dealkylation sites (N-methyl/N-ethyl adjacent to an activating group) is 1. The van der Waals surface area contributed by atoms with Crippen LogP contribution in [0.4, 0.5) is 0 Å². The molecule has 1 unspecified atom stereocenters. The standard InChI is InChI=1S/C12H18INO/c1-3-14-12(9-15-4-2)10-6-5-7-11(13)8-10/h5-8,12,14H,3-4,9H2,1-2H3. The molecule has 0 aliphatic rings. The molecule has 0 spiro atoms. The average Bonchev–Trinajstić information content (AvgIpc) is 2.24. The summed E-state index contributed by atoms with van der Waals surface area (Å²) in [5.41, 5.74) is 1.30. The zero-order valence-electron chi connectivity index (χ0n) is 9.29. The molecule has 1 N–H and O–H groups in total. The number of benzene rings is 1. The Hall–Kier alpha value is -0.130. The van der Waals surface area contributed by atoms with Crippen molar-refractivity contribution in [2.45, 2.75) is 19.9 Å². The maximum atomic E-state index is 5.48. The maximum Gasteiger partial charge on any atom is 0.0661 e. The van der Waals surface area contributed by atoms with E-state index < -0.39 is 0 Å². The van der Waals surface area contributed by atoms with Gasteiger partial charge in [-0.05, 0) is 53.8 Å². The molecule has 0 heterocycles. The van der Waals surface area contributed by atoms with E-state index >= 15 is 0 Å². The normalized spacial score (nSPS) is 12.7. The van der Waals surface area contributed by atoms with Crippen LogP contribution in [-0.2, 0) is 4.74 Å². The number of hydrogen-bond donors (Lipinski definition) is 1. The molecule has 1 rings (SSSR count). The second-order valence-corrected chi connectivity index (χ2v) is 4.57. The molecule has 0 amide bonds. The van der Waals surface area contributed by atoms with Crippen LogP contribution in [0.15, 0.2) is 24.3 Å². The van der Waals surface area contributed by atoms with Crippen molar-refractivity contribution in [2.75, 3.05) is 19.8 Å². The van der Waals surface area contributed by atoms with Crippen LogP contribution in [0.2, 0.25) is 0 Å². The van der Waals surface area contributed by atoms with Gasteiger partial charge in [-0.1, -0.05) is 19.1 Å². The summed E-state index contributed by atoms with van der Waals surface area (Å²) < 4.78 is 6.75. The topological polar surface area (TPSA) is 21.3 Å². The van der Waals surface area contributed by atoms with E-state index in [1.54, 1.807) is 0 Å². The minimum Gasteiger partial charge on any atom is -0.380 e. The van der Waals surface area contributed by atoms with Gasteiger partial charge in [0.15, 0.2) is 0 Å². The zero-order valence-corrected chi connectivity index (χ0v) is 11.5. The fourth-order valence-corrected chi connectivity index (χ4v) is 2.05. The first kappa shape index (κ1) is 12.9. The predicted octanol–water partition coefficient (Wildman–Crippen LogP) is 2.98. The molecule has 0 aliphatic heterocycles. The van der Waals surface area contributed by atoms with Crippen molar-refractivity contribution in [1.29, 1.82) is 0 Å². The van der Waals surface area contributed by atoms with Gasteiger partial charge in [0.2, 0.25) is 0 Å². The average molecular weight is 319 g/mol. The van der Waals surface area contributed by atoms with E-state index in [4.69, 9.17) is 4.74 Å². The Morgan fingerprint density at radius 1 is 1.40 bits per heavy atom. The highest BCUT2D eigenvalue weighted by Gasteiger charge is 2.09. The van der Waals surface area contributed by atoms with Crippen LogP contribution in [0.3, 0.4) is 0 Å². The summed E-state index contributed by atoms with van der Waals surface area (Å²) in [6.45, 7) is 6.62. The van der Waals surface area contributed by atoms with Crippen molar-refractivity contribution >= 4 is 22.6 Å². The smallest absolute Gasteiger partial charge is 0.0661 e. The number of halogens is 1. The van der Waals surface area contributed by atoms with Gasteiger partial charge in [-0.3, -0.25) is 0 Å². The number of nitrogens with one attached hydrogen (secondary N) is 1. The molecule has 0 aliphatic carbocycles. The Morgan fingerprint density at radius 2 is 2.20 bits per heavy atom. The first-order chi connectivity index (χ1) is 7.27. The lowest BCUT2D eigenvalue weighted by molar-refractivity contribution is 0.123. The largest absolute Gasteiger partial charge is 0.380 e. The molecule has 3 heteroatoms. The minimum absolute atomic E-state index is 0.310. The van der Waals surface area contributed by atoms with Crippen molar-refractivity contribution in [3.63, 3.8) is 0 Å². The second kappa shape index (κ2) is 7.19. The van der Waals surface area contributed by atoms with Crippen LogP contribution in [0, 0.1) is 3.57 Å². The minimum atomic E-state index is 0.310. The summed E-state index contributed by atoms with van der Waals surface area (Å²) >= 11 is 2.34. The van der Waals surface area contributed by atoms with Gasteiger partial charge in [-0.25, -0.2) is 0 Å². The molecule has 2 nitrogen and oxygen atoms in total. The van der Waals surface area contributed by atoms with Gasteiger partial charge in [0.1, 0.15) is 0 Å². The highest BCUT2D eigenvalue weighted by molar-refractivity contribution is 14.1. The van der Waals surface area contributed by atoms with Gasteiger partial charge in [-0.15, -0.1) is 0 Å². The molecule has 15 heavy (non-hydrogen) atoms. The van der Waals surface area contributed by atoms with Gasteiger partial charge in [-0.2, -0.15) is 0 Å². The summed E-state index contributed by atoms with van der Waals surface area (Å²) in [5, 5.41) is 3.43. The number of hydrogen-bond acceptors (Lipinski definition) is 2. The molecular weight excluding hydrogens is 301 g/mol. The van der Waals surface area contributed by atoms with E-state index in [1.807, 2.05) is 6.92 Å². The molecule has 0 fully saturated rings. The molecule has 0 aromatic heterocycles. The molecule has 0 radical (unpaired) electrons. The van der Waals surface area contributed by atoms with Crippen LogP contribution in [0.5, 0.6) is 0 Å². The van der Waals surface area contributed by atoms with Crippen LogP contribution in [-0.4, -0.2) is 19.8 Å². The molecule has 0 saturated carbocycles. The number of rotatable bonds is 6. The Labute approximate surface area is 106 Å². The first-order valence-electron chi connectivity index (χ1n) is 5.34. The summed E-state index contributed by atoms with van der Waals surface area (Å²) in [4.78, 5) is 0. The lowest BCUT2D eigenvalue weighted by Gasteiger charge is -2.18. The van der Waals surface area contributed by atoms with Crippen LogP contribution in [0.1, 0.15) is 25.5 Å². The molecule has 1 atom stereocenters. The highest BCUT2D eigenvalue weighted by Crippen LogP contribution is 2.16. The predicted molar refractivity (Wildman–Crippen MR) is 72.1 cm³/mol. The maximum absolute atomic E-state index is 5.48. The van der Waals surface area contributed by atoms with Gasteiger partial charge in [0.05, 0.1) is 12.6 Å². The summed E-state index contributed by atoms with van der Waals surface area (Å²) in [5.74, 6) is 0. The fourth-order valence-electron chi connectivity index (χ4n) is 1.48. The summed E-state index contributed by atoms with van der Waals surface area (Å²) in [6.07, 6.45) is 0. The van der Waals surface area contributed by atoms with E-state index in [9.17, 15) is 0 Å². The molecule has 0 bridgehead atoms. The molecule has 84 valence electrons. The third kappa shape index (κ3) is 4.49. The zero-order chi connectivity index (χ0) is 11.1. The third-order valence-electron chi connectivity index (χ3n) is 2.19. The molecule has 1 aromatic carbocycles. The summed E-state index contributed by atoms with van der Waals surface area (Å²) in [6, 6.07) is 8.85. The Bertz CT molecular complexity index is 291. The molecule has 0 saturated heterocycles. The Morgan fingerprint density at radius 3 is 2.80 bits per heavy atom. The highest BCUT2D eigenvalue weighted by atomic mass is 127. The van der Waals surface area contributed by atoms with Crippen LogP contribution >= 0.6 is 22.6 Å². The lowest BCUT2D eigenvalue weighted by atomic mass is 10.1. The fraction of sp³-hybridized carbons (Fsp3) is 0.500. The Balaban J connectivity index is 2.69. The van der Waals surface area contributed by atoms with Gasteiger partial charge < -0.3 is 10.1 Å². The van der Waals surface area contributed by atoms with Crippen LogP contribution in [0.25, 0.3) is 0 Å². The SMILES string of the molecule is CCNC(COCC)c1cccc(I)c1. The Kier molecular flexibility index (Phi) is 6.20. The van der Waals surface area contributed by atoms with E-state index in [1.165, 1.54) is 9.13 Å². The third-order valence-corrected chi connectivity index (χ3v) is 2.86. The van der Waals surface area contributed by atoms with E-state index in [-0.39, 0.29) is 0 Å². The van der Waals surface area contributed by atoms with Gasteiger partial charge in [0, 0.05) is 10.2 Å². The lowest BCUT2D eigenvalue weighted by Crippen LogP contribution is -2.25. The van der Waals surface area contributed by atoms with E-state index in [0.717, 1.165) is 19.8 Å². The van der Waals surface area contributed by atoms with Crippen molar-refractivity contribution in [2.24, 2.45) is 0 Å². The molecule has 1 aromatic rings. The van der Waals surface area contributed by atoms with Gasteiger partial charge >= 0.3 is 0 Å². The van der Waals surface area contributed by atoms with Crippen molar-refractivity contribution in [3.8, 4) is 0 Å². The van der Waals surface area contributed by atoms with Crippen LogP contribution < -0.4 is 5.32 Å². The van der Waals surface area contributed by atoms with Gasteiger partial charge in [0.25, 0.3) is 0 Å². The molecular formula is C12H18INO. The van der Waals surface area contributed by atoms with Crippen molar-refractivity contribution in [1.82, 2.24) is 5.32 Å². The number of ether oxygens (including phenoxy) is 1. The van der Waals surface area contributed by atoms with E-state index in [2.05, 4.69) is 59.1 Å². The van der Waals surface area contributed by atoms with E-state index in [0.29, 0.717) is 6.04 Å². The quantitative estimate of drug-likeness (QED) is 0.814. The monoisotopic (exact) mass is 319 g/mol. The van der Waals surface area contributed by atoms with Crippen molar-refractivity contribution < 1.29 is 4.74 Å². The van der Waals surface area contributed by atoms with Crippen molar-refractivity contribution in [3.05, 3.63) is 33.4 Å². The second-order valence-electron chi connectivity index (χ2n) is 3.32.